The van der Waals surface area contributed by atoms with Gasteiger partial charge in [-0.3, -0.25) is 0 Å². The van der Waals surface area contributed by atoms with Crippen molar-refractivity contribution in [3.63, 3.8) is 0 Å². The van der Waals surface area contributed by atoms with Crippen LogP contribution in [0.15, 0.2) is 24.2 Å². The van der Waals surface area contributed by atoms with Gasteiger partial charge >= 0.3 is 23.1 Å². The molecule has 2 nitrogen and oxygen atoms in total. The molecule has 0 bridgehead atoms. The van der Waals surface area contributed by atoms with Crippen LogP contribution in [0.3, 0.4) is 0 Å². The standard InChI is InChI=1S/C19H11ClF10N2/c20-19(29,30)18(27,28)17(25,26)16(23,24)15(22)13(21)12-7-10(8-31)32-6-5-9-3-1-2-4-11(9)14(12)32/h5-7H,1-4H2/b15-13+. The van der Waals surface area contributed by atoms with Gasteiger partial charge in [-0.05, 0) is 60.5 Å². The van der Waals surface area contributed by atoms with Crippen molar-refractivity contribution in [3.8, 4) is 6.07 Å². The maximum absolute atomic E-state index is 14.8. The van der Waals surface area contributed by atoms with Crippen molar-refractivity contribution >= 4 is 22.9 Å². The van der Waals surface area contributed by atoms with E-state index in [0.717, 1.165) is 4.40 Å². The van der Waals surface area contributed by atoms with Gasteiger partial charge in [0.2, 0.25) is 5.83 Å². The summed E-state index contributed by atoms with van der Waals surface area (Å²) >= 11 is 3.83. The molecule has 0 saturated heterocycles. The van der Waals surface area contributed by atoms with E-state index in [1.807, 2.05) is 0 Å². The number of allylic oxidation sites excluding steroid dienone is 1. The van der Waals surface area contributed by atoms with Crippen LogP contribution in [0.25, 0.3) is 11.3 Å². The molecule has 13 heteroatoms. The first kappa shape index (κ1) is 24.2. The molecule has 0 unspecified atom stereocenters. The van der Waals surface area contributed by atoms with E-state index >= 15 is 0 Å². The largest absolute Gasteiger partial charge is 0.393 e. The highest BCUT2D eigenvalue weighted by Crippen LogP contribution is 2.57. The molecule has 174 valence electrons. The quantitative estimate of drug-likeness (QED) is 0.325. The molecule has 3 rings (SSSR count). The maximum atomic E-state index is 14.8. The fraction of sp³-hybridized carbons (Fsp3) is 0.421. The lowest BCUT2D eigenvalue weighted by Crippen LogP contribution is -2.60. The molecular formula is C19H11ClF10N2. The van der Waals surface area contributed by atoms with Crippen molar-refractivity contribution in [2.24, 2.45) is 0 Å². The third-order valence-corrected chi connectivity index (χ3v) is 5.46. The number of halogens is 11. The summed E-state index contributed by atoms with van der Waals surface area (Å²) < 4.78 is 138. The van der Waals surface area contributed by atoms with Crippen LogP contribution in [0.1, 0.15) is 35.2 Å². The summed E-state index contributed by atoms with van der Waals surface area (Å²) in [6.45, 7) is 0. The second-order valence-electron chi connectivity index (χ2n) is 7.15. The zero-order valence-corrected chi connectivity index (χ0v) is 16.4. The predicted octanol–water partition coefficient (Wildman–Crippen LogP) is 7.03. The molecule has 2 aromatic rings. The van der Waals surface area contributed by atoms with Gasteiger partial charge in [-0.15, -0.1) is 0 Å². The summed E-state index contributed by atoms with van der Waals surface area (Å²) in [7, 11) is 0. The molecule has 2 heterocycles. The van der Waals surface area contributed by atoms with Gasteiger partial charge in [0.25, 0.3) is 0 Å². The van der Waals surface area contributed by atoms with E-state index in [9.17, 15) is 49.2 Å². The van der Waals surface area contributed by atoms with E-state index in [1.165, 1.54) is 6.20 Å². The predicted molar refractivity (Wildman–Crippen MR) is 93.5 cm³/mol. The van der Waals surface area contributed by atoms with E-state index in [2.05, 4.69) is 11.6 Å². The molecule has 0 radical (unpaired) electrons. The molecule has 0 fully saturated rings. The minimum absolute atomic E-state index is 0.250. The molecule has 32 heavy (non-hydrogen) atoms. The number of hydrogen-bond donors (Lipinski definition) is 0. The highest BCUT2D eigenvalue weighted by Gasteiger charge is 2.82. The minimum atomic E-state index is -7.11. The van der Waals surface area contributed by atoms with Crippen LogP contribution in [0, 0.1) is 11.3 Å². The average Bonchev–Trinajstić information content (AvgIpc) is 3.10. The Morgan fingerprint density at radius 3 is 2.12 bits per heavy atom. The zero-order chi connectivity index (χ0) is 24.3. The van der Waals surface area contributed by atoms with Crippen LogP contribution in [-0.2, 0) is 12.8 Å². The number of hydrogen-bond acceptors (Lipinski definition) is 1. The molecule has 0 spiro atoms. The van der Waals surface area contributed by atoms with Gasteiger partial charge in [-0.2, -0.15) is 40.4 Å². The minimum Gasteiger partial charge on any atom is -0.307 e. The normalized spacial score (nSPS) is 16.6. The highest BCUT2D eigenvalue weighted by molar-refractivity contribution is 6.22. The Hall–Kier alpha value is -2.42. The number of rotatable bonds is 5. The number of pyridine rings is 1. The van der Waals surface area contributed by atoms with Crippen molar-refractivity contribution in [2.75, 3.05) is 0 Å². The van der Waals surface area contributed by atoms with Crippen molar-refractivity contribution < 1.29 is 43.9 Å². The Labute approximate surface area is 178 Å². The Balaban J connectivity index is 2.26. The van der Waals surface area contributed by atoms with Crippen LogP contribution in [-0.4, -0.2) is 27.5 Å². The summed E-state index contributed by atoms with van der Waals surface area (Å²) in [5, 5.41) is 2.99. The van der Waals surface area contributed by atoms with Gasteiger partial charge in [0.15, 0.2) is 5.83 Å². The Morgan fingerprint density at radius 1 is 0.969 bits per heavy atom. The van der Waals surface area contributed by atoms with Crippen molar-refractivity contribution in [1.29, 1.82) is 5.26 Å². The number of alkyl halides is 9. The number of aromatic nitrogens is 1. The van der Waals surface area contributed by atoms with E-state index in [-0.39, 0.29) is 17.6 Å². The van der Waals surface area contributed by atoms with E-state index in [4.69, 9.17) is 0 Å². The van der Waals surface area contributed by atoms with Gasteiger partial charge in [-0.1, -0.05) is 0 Å². The van der Waals surface area contributed by atoms with Crippen molar-refractivity contribution in [2.45, 2.75) is 48.8 Å². The number of fused-ring (bicyclic) bond motifs is 3. The Bertz CT molecular complexity index is 1140. The summed E-state index contributed by atoms with van der Waals surface area (Å²) in [5.41, 5.74) is -0.828. The van der Waals surface area contributed by atoms with Gasteiger partial charge < -0.3 is 4.40 Å². The average molecular weight is 493 g/mol. The molecule has 0 aliphatic heterocycles. The highest BCUT2D eigenvalue weighted by atomic mass is 35.5. The lowest BCUT2D eigenvalue weighted by Gasteiger charge is -2.33. The fourth-order valence-corrected chi connectivity index (χ4v) is 3.68. The molecule has 1 aliphatic carbocycles. The second-order valence-corrected chi connectivity index (χ2v) is 7.62. The van der Waals surface area contributed by atoms with Gasteiger partial charge in [0, 0.05) is 11.8 Å². The first-order valence-electron chi connectivity index (χ1n) is 8.91. The number of aryl methyl sites for hydroxylation is 2. The van der Waals surface area contributed by atoms with Gasteiger partial charge in [0.05, 0.1) is 5.52 Å². The van der Waals surface area contributed by atoms with Crippen LogP contribution in [0.5, 0.6) is 0 Å². The third kappa shape index (κ3) is 3.32. The van der Waals surface area contributed by atoms with Crippen LogP contribution in [0.2, 0.25) is 0 Å². The molecule has 0 amide bonds. The summed E-state index contributed by atoms with van der Waals surface area (Å²) in [4.78, 5) is 0. The summed E-state index contributed by atoms with van der Waals surface area (Å²) in [6.07, 6.45) is 3.24. The Morgan fingerprint density at radius 2 is 1.56 bits per heavy atom. The molecular weight excluding hydrogens is 482 g/mol. The molecule has 0 aromatic carbocycles. The lowest BCUT2D eigenvalue weighted by molar-refractivity contribution is -0.341. The van der Waals surface area contributed by atoms with Crippen molar-refractivity contribution in [3.05, 3.63) is 46.5 Å². The summed E-state index contributed by atoms with van der Waals surface area (Å²) in [5.74, 6) is -27.2. The van der Waals surface area contributed by atoms with Crippen LogP contribution in [0.4, 0.5) is 43.9 Å². The van der Waals surface area contributed by atoms with E-state index in [0.29, 0.717) is 36.5 Å². The lowest BCUT2D eigenvalue weighted by atomic mass is 9.91. The van der Waals surface area contributed by atoms with Gasteiger partial charge in [-0.25, -0.2) is 8.78 Å². The molecule has 0 atom stereocenters. The zero-order valence-electron chi connectivity index (χ0n) is 15.6. The van der Waals surface area contributed by atoms with Gasteiger partial charge in [0.1, 0.15) is 11.8 Å². The number of nitriles is 1. The molecule has 0 N–H and O–H groups in total. The first-order chi connectivity index (χ1) is 14.6. The maximum Gasteiger partial charge on any atom is 0.393 e. The second kappa shape index (κ2) is 7.57. The monoisotopic (exact) mass is 492 g/mol. The van der Waals surface area contributed by atoms with Crippen molar-refractivity contribution in [1.82, 2.24) is 4.40 Å². The molecule has 0 saturated carbocycles. The fourth-order valence-electron chi connectivity index (χ4n) is 3.56. The first-order valence-corrected chi connectivity index (χ1v) is 9.29. The topological polar surface area (TPSA) is 28.2 Å². The van der Waals surface area contributed by atoms with E-state index < -0.39 is 40.4 Å². The molecule has 2 aromatic heterocycles. The SMILES string of the molecule is N#Cc1cc(/C(F)=C(\F)C(F)(F)C(F)(F)C(F)(F)C(F)(F)Cl)c2c3c(ccn12)CCCC3. The van der Waals surface area contributed by atoms with Crippen LogP contribution >= 0.6 is 11.6 Å². The Kier molecular flexibility index (Phi) is 5.73. The van der Waals surface area contributed by atoms with Crippen LogP contribution < -0.4 is 0 Å². The molecule has 1 aliphatic rings. The smallest absolute Gasteiger partial charge is 0.307 e. The van der Waals surface area contributed by atoms with E-state index in [1.54, 1.807) is 12.1 Å². The number of nitrogens with zero attached hydrogens (tertiary/aromatic N) is 2. The third-order valence-electron chi connectivity index (χ3n) is 5.22. The summed E-state index contributed by atoms with van der Waals surface area (Å²) in [6, 6.07) is 3.71.